The third-order valence-electron chi connectivity index (χ3n) is 16.4. The number of alkyl halides is 6. The maximum Gasteiger partial charge on any atom is 0.407 e. The number of hydrogen-bond donors (Lipinski definition) is 4. The monoisotopic (exact) mass is 1040 g/mol. The minimum atomic E-state index is -4.85. The number of alkyl carbamates (subject to hydrolysis) is 2. The van der Waals surface area contributed by atoms with E-state index < -0.39 is 71.4 Å². The van der Waals surface area contributed by atoms with Crippen LogP contribution in [0.15, 0.2) is 42.5 Å². The normalized spacial score (nSPS) is 23.6. The van der Waals surface area contributed by atoms with E-state index in [9.17, 15) is 45.5 Å². The van der Waals surface area contributed by atoms with Crippen molar-refractivity contribution in [2.75, 3.05) is 14.2 Å². The summed E-state index contributed by atoms with van der Waals surface area (Å²) in [6.45, 7) is 3.69. The summed E-state index contributed by atoms with van der Waals surface area (Å²) in [4.78, 5) is 73.1. The molecule has 0 radical (unpaired) electrons. The van der Waals surface area contributed by atoms with Crippen LogP contribution in [0, 0.1) is 22.7 Å². The molecule has 3 aromatic carbocycles. The highest BCUT2D eigenvalue weighted by Crippen LogP contribution is 2.52. The molecule has 5 aliphatic rings. The van der Waals surface area contributed by atoms with Crippen molar-refractivity contribution in [1.82, 2.24) is 40.4 Å². The lowest BCUT2D eigenvalue weighted by molar-refractivity contribution is -0.223. The average Bonchev–Trinajstić information content (AvgIpc) is 4.21. The number of fused-ring (bicyclic) bond motifs is 8. The van der Waals surface area contributed by atoms with Crippen molar-refractivity contribution in [2.24, 2.45) is 22.7 Å². The van der Waals surface area contributed by atoms with Gasteiger partial charge in [0, 0.05) is 28.6 Å². The molecular weight excluding hydrogens is 986 g/mol. The van der Waals surface area contributed by atoms with E-state index >= 15 is 0 Å². The molecule has 10 rings (SSSR count). The summed E-state index contributed by atoms with van der Waals surface area (Å²) in [6.07, 6.45) is -6.74. The Morgan fingerprint density at radius 2 is 1.27 bits per heavy atom. The van der Waals surface area contributed by atoms with Crippen molar-refractivity contribution in [3.63, 3.8) is 0 Å². The highest BCUT2D eigenvalue weighted by molar-refractivity contribution is 6.32. The van der Waals surface area contributed by atoms with E-state index in [1.807, 2.05) is 42.5 Å². The first kappa shape index (κ1) is 50.3. The summed E-state index contributed by atoms with van der Waals surface area (Å²) in [5.74, 6) is -0.407. The number of methoxy groups -OCH3 is 2. The molecule has 2 saturated heterocycles. The second-order valence-corrected chi connectivity index (χ2v) is 21.6. The van der Waals surface area contributed by atoms with Gasteiger partial charge in [0.05, 0.1) is 48.2 Å². The topological polar surface area (TPSA) is 184 Å². The van der Waals surface area contributed by atoms with Gasteiger partial charge >= 0.3 is 24.5 Å². The number of rotatable bonds is 9. The molecule has 390 valence electrons. The third kappa shape index (κ3) is 8.36. The van der Waals surface area contributed by atoms with Gasteiger partial charge in [-0.25, -0.2) is 19.6 Å². The fourth-order valence-electron chi connectivity index (χ4n) is 12.1. The van der Waals surface area contributed by atoms with Crippen LogP contribution in [0.2, 0.25) is 5.15 Å². The first-order chi connectivity index (χ1) is 34.4. The maximum absolute atomic E-state index is 14.5. The predicted octanol–water partition coefficient (Wildman–Crippen LogP) is 10.8. The largest absolute Gasteiger partial charge is 0.488 e. The molecule has 2 aliphatic carbocycles. The van der Waals surface area contributed by atoms with Gasteiger partial charge in [-0.15, -0.1) is 0 Å². The Bertz CT molecular complexity index is 3050. The van der Waals surface area contributed by atoms with Gasteiger partial charge in [0.25, 0.3) is 0 Å². The molecule has 2 aromatic heterocycles. The Hall–Kier alpha value is -6.25. The van der Waals surface area contributed by atoms with E-state index in [-0.39, 0.29) is 35.7 Å². The summed E-state index contributed by atoms with van der Waals surface area (Å²) in [5.41, 5.74) is -0.571. The van der Waals surface area contributed by atoms with E-state index in [1.165, 1.54) is 9.80 Å². The van der Waals surface area contributed by atoms with Crippen LogP contribution in [-0.4, -0.2) is 104 Å². The van der Waals surface area contributed by atoms with Gasteiger partial charge in [-0.05, 0) is 119 Å². The Morgan fingerprint density at radius 3 is 1.81 bits per heavy atom. The van der Waals surface area contributed by atoms with Crippen molar-refractivity contribution in [3.05, 3.63) is 64.8 Å². The quantitative estimate of drug-likeness (QED) is 0.104. The highest BCUT2D eigenvalue weighted by atomic mass is 35.5. The molecular formula is C51H55ClF6N8O7. The van der Waals surface area contributed by atoms with Crippen molar-refractivity contribution < 1.29 is 59.7 Å². The van der Waals surface area contributed by atoms with Crippen molar-refractivity contribution >= 4 is 57.4 Å². The number of aromatic nitrogens is 4. The number of likely N-dealkylation sites (tertiary alicyclic amines) is 2. The number of halogens is 7. The highest BCUT2D eigenvalue weighted by Gasteiger charge is 2.61. The Kier molecular flexibility index (Phi) is 12.4. The molecule has 15 nitrogen and oxygen atoms in total. The molecule has 4 amide bonds. The van der Waals surface area contributed by atoms with Crippen LogP contribution in [0.3, 0.4) is 0 Å². The number of carbonyl (C=O) groups excluding carboxylic acids is 4. The molecule has 3 aliphatic heterocycles. The molecule has 0 unspecified atom stereocenters. The lowest BCUT2D eigenvalue weighted by atomic mass is 9.82. The second-order valence-electron chi connectivity index (χ2n) is 21.2. The molecule has 4 N–H and O–H groups in total. The van der Waals surface area contributed by atoms with Crippen LogP contribution in [0.5, 0.6) is 5.75 Å². The van der Waals surface area contributed by atoms with Crippen LogP contribution in [-0.2, 0) is 25.7 Å². The Morgan fingerprint density at radius 1 is 0.726 bits per heavy atom. The molecule has 0 bridgehead atoms. The van der Waals surface area contributed by atoms with Gasteiger partial charge in [-0.2, -0.15) is 26.3 Å². The van der Waals surface area contributed by atoms with Crippen molar-refractivity contribution in [1.29, 1.82) is 0 Å². The number of amides is 4. The Balaban J connectivity index is 0.943. The molecule has 73 heavy (non-hydrogen) atoms. The number of H-pyrrole nitrogens is 2. The lowest BCUT2D eigenvalue weighted by Crippen LogP contribution is -2.60. The minimum absolute atomic E-state index is 0.00372. The van der Waals surface area contributed by atoms with Crippen molar-refractivity contribution in [3.8, 4) is 28.1 Å². The fraction of sp³-hybridized carbons (Fsp3) is 0.529. The van der Waals surface area contributed by atoms with Crippen LogP contribution in [0.1, 0.15) is 108 Å². The fourth-order valence-corrected chi connectivity index (χ4v) is 12.4. The van der Waals surface area contributed by atoms with Crippen molar-refractivity contribution in [2.45, 2.75) is 134 Å². The van der Waals surface area contributed by atoms with E-state index in [2.05, 4.69) is 30.1 Å². The van der Waals surface area contributed by atoms with Crippen LogP contribution >= 0.6 is 11.6 Å². The van der Waals surface area contributed by atoms with E-state index in [1.54, 1.807) is 0 Å². The van der Waals surface area contributed by atoms with Gasteiger partial charge < -0.3 is 44.6 Å². The summed E-state index contributed by atoms with van der Waals surface area (Å²) in [6, 6.07) is 7.23. The standard InChI is InChI=1S/C51H55ClF6N8O7/c1-48(2,50(53,54)55)39(62-46(69)71-5)44(67)65-32-11-7-9-24(32)19-34(65)42-59-31-16-14-23-18-30-28-15-13-26(17-27(28)22-73-36(30)21-29(23)38(31)61-42)37-41(52)64-43(60-37)35-20-25-10-8-12-33(25)66(35)45(68)40(63-47(70)72-6)49(3,4)51(56,57)58/h13-18,21,24-25,32-35,39-40H,7-12,19-20,22H2,1-6H3,(H,59,61)(H,60,64)(H,62,69)(H,63,70)/t24-,25-,32-,33-,34-,35-,39+,40+/m0/s1. The van der Waals surface area contributed by atoms with E-state index in [0.717, 1.165) is 95.1 Å². The summed E-state index contributed by atoms with van der Waals surface area (Å²) in [5, 5.41) is 6.11. The second kappa shape index (κ2) is 18.0. The number of aromatic amines is 2. The number of nitrogens with zero attached hydrogens (tertiary/aromatic N) is 4. The zero-order chi connectivity index (χ0) is 52.3. The first-order valence-electron chi connectivity index (χ1n) is 24.4. The van der Waals surface area contributed by atoms with Gasteiger partial charge in [-0.3, -0.25) is 9.59 Å². The summed E-state index contributed by atoms with van der Waals surface area (Å²) < 4.78 is 103. The number of carbonyl (C=O) groups is 4. The van der Waals surface area contributed by atoms with Gasteiger partial charge in [-0.1, -0.05) is 42.6 Å². The molecule has 0 spiro atoms. The molecule has 4 fully saturated rings. The average molecular weight is 1040 g/mol. The maximum atomic E-state index is 14.5. The van der Waals surface area contributed by atoms with E-state index in [4.69, 9.17) is 26.3 Å². The zero-order valence-electron chi connectivity index (χ0n) is 40.8. The lowest BCUT2D eigenvalue weighted by Gasteiger charge is -2.39. The van der Waals surface area contributed by atoms with Gasteiger partial charge in [0.1, 0.15) is 46.9 Å². The number of hydrogen-bond acceptors (Lipinski definition) is 9. The molecule has 5 heterocycles. The Labute approximate surface area is 420 Å². The smallest absolute Gasteiger partial charge is 0.407 e. The molecule has 2 saturated carbocycles. The SMILES string of the molecule is COC(=O)N[C@H](C(=O)N1[C@H](c2nc(-c3ccc4c(c3)COc3cc5c(ccc6[nH]c([C@@H]7C[C@@H]8CCC[C@@H]8N7C(=O)[C@@H](NC(=O)OC)C(C)(C)C(F)(F)F)nc65)cc3-4)c(Cl)[nH]2)C[C@@H]2CCC[C@@H]21)C(C)(C)C(F)(F)F. The number of ether oxygens (including phenoxy) is 3. The number of nitrogens with one attached hydrogen (secondary N) is 4. The summed E-state index contributed by atoms with van der Waals surface area (Å²) >= 11 is 6.86. The minimum Gasteiger partial charge on any atom is -0.488 e. The molecule has 5 aromatic rings. The molecule has 22 heteroatoms. The van der Waals surface area contributed by atoms with E-state index in [0.29, 0.717) is 65.4 Å². The predicted molar refractivity (Wildman–Crippen MR) is 255 cm³/mol. The number of imidazole rings is 2. The van der Waals surface area contributed by atoms with Crippen LogP contribution in [0.4, 0.5) is 35.9 Å². The summed E-state index contributed by atoms with van der Waals surface area (Å²) in [7, 11) is 2.04. The zero-order valence-corrected chi connectivity index (χ0v) is 41.6. The number of benzene rings is 3. The van der Waals surface area contributed by atoms with Gasteiger partial charge in [0.15, 0.2) is 0 Å². The molecule has 8 atom stereocenters. The third-order valence-corrected chi connectivity index (χ3v) is 16.7. The van der Waals surface area contributed by atoms with Crippen LogP contribution in [0.25, 0.3) is 44.2 Å². The van der Waals surface area contributed by atoms with Gasteiger partial charge in [0.2, 0.25) is 11.8 Å². The first-order valence-corrected chi connectivity index (χ1v) is 24.8. The van der Waals surface area contributed by atoms with Crippen LogP contribution < -0.4 is 15.4 Å².